The maximum absolute atomic E-state index is 5.78. The van der Waals surface area contributed by atoms with Gasteiger partial charge in [0.05, 0.1) is 0 Å². The first-order valence-electron chi connectivity index (χ1n) is 4.08. The van der Waals surface area contributed by atoms with E-state index in [9.17, 15) is 0 Å². The van der Waals surface area contributed by atoms with Crippen molar-refractivity contribution in [3.8, 4) is 0 Å². The van der Waals surface area contributed by atoms with Crippen molar-refractivity contribution >= 4 is 17.0 Å². The molecule has 0 bridgehead atoms. The van der Waals surface area contributed by atoms with E-state index in [0.717, 1.165) is 5.69 Å². The van der Waals surface area contributed by atoms with Crippen molar-refractivity contribution in [3.63, 3.8) is 0 Å². The molecule has 1 aromatic rings. The first-order chi connectivity index (χ1) is 5.25. The number of rotatable bonds is 3. The number of thiophene rings is 1. The van der Waals surface area contributed by atoms with Gasteiger partial charge in [-0.3, -0.25) is 0 Å². The van der Waals surface area contributed by atoms with Crippen LogP contribution in [-0.4, -0.2) is 0 Å². The molecular formula is C9H15NS. The van der Waals surface area contributed by atoms with Gasteiger partial charge in [0.25, 0.3) is 0 Å². The van der Waals surface area contributed by atoms with E-state index in [1.54, 1.807) is 11.3 Å². The number of anilines is 1. The van der Waals surface area contributed by atoms with E-state index >= 15 is 0 Å². The SMILES string of the molecule is CCC[C@H](C)c1sccc1N. The molecule has 0 aliphatic rings. The second kappa shape index (κ2) is 3.77. The Kier molecular flexibility index (Phi) is 2.94. The maximum Gasteiger partial charge on any atom is 0.0458 e. The van der Waals surface area contributed by atoms with Crippen LogP contribution in [-0.2, 0) is 0 Å². The summed E-state index contributed by atoms with van der Waals surface area (Å²) < 4.78 is 0. The van der Waals surface area contributed by atoms with Crippen LogP contribution in [0.2, 0.25) is 0 Å². The minimum Gasteiger partial charge on any atom is -0.398 e. The van der Waals surface area contributed by atoms with Crippen molar-refractivity contribution in [2.45, 2.75) is 32.6 Å². The lowest BCUT2D eigenvalue weighted by Crippen LogP contribution is -1.93. The van der Waals surface area contributed by atoms with Crippen molar-refractivity contribution in [1.29, 1.82) is 0 Å². The highest BCUT2D eigenvalue weighted by Crippen LogP contribution is 2.30. The molecule has 0 aliphatic carbocycles. The normalized spacial score (nSPS) is 13.3. The van der Waals surface area contributed by atoms with Crippen LogP contribution < -0.4 is 5.73 Å². The third-order valence-electron chi connectivity index (χ3n) is 1.90. The van der Waals surface area contributed by atoms with E-state index < -0.39 is 0 Å². The monoisotopic (exact) mass is 169 g/mol. The van der Waals surface area contributed by atoms with Crippen LogP contribution in [0.3, 0.4) is 0 Å². The second-order valence-corrected chi connectivity index (χ2v) is 3.88. The fraction of sp³-hybridized carbons (Fsp3) is 0.556. The van der Waals surface area contributed by atoms with Crippen molar-refractivity contribution in [3.05, 3.63) is 16.3 Å². The summed E-state index contributed by atoms with van der Waals surface area (Å²) in [6, 6.07) is 1.99. The summed E-state index contributed by atoms with van der Waals surface area (Å²) in [5.74, 6) is 0.639. The predicted octanol–water partition coefficient (Wildman–Crippen LogP) is 3.23. The second-order valence-electron chi connectivity index (χ2n) is 2.93. The van der Waals surface area contributed by atoms with Crippen LogP contribution in [0.25, 0.3) is 0 Å². The summed E-state index contributed by atoms with van der Waals surface area (Å²) in [7, 11) is 0. The highest BCUT2D eigenvalue weighted by atomic mass is 32.1. The maximum atomic E-state index is 5.78. The quantitative estimate of drug-likeness (QED) is 0.738. The smallest absolute Gasteiger partial charge is 0.0458 e. The van der Waals surface area contributed by atoms with E-state index in [1.807, 2.05) is 6.07 Å². The molecule has 0 radical (unpaired) electrons. The molecule has 0 fully saturated rings. The summed E-state index contributed by atoms with van der Waals surface area (Å²) in [6.07, 6.45) is 2.48. The van der Waals surface area contributed by atoms with E-state index in [2.05, 4.69) is 19.2 Å². The molecule has 0 saturated heterocycles. The average molecular weight is 169 g/mol. The molecule has 1 rings (SSSR count). The molecule has 2 heteroatoms. The van der Waals surface area contributed by atoms with Crippen LogP contribution in [0.15, 0.2) is 11.4 Å². The van der Waals surface area contributed by atoms with Gasteiger partial charge in [-0.2, -0.15) is 0 Å². The predicted molar refractivity (Wildman–Crippen MR) is 52.1 cm³/mol. The molecule has 0 aromatic carbocycles. The molecule has 1 nitrogen and oxygen atoms in total. The molecule has 11 heavy (non-hydrogen) atoms. The van der Waals surface area contributed by atoms with E-state index in [-0.39, 0.29) is 0 Å². The third kappa shape index (κ3) is 1.96. The third-order valence-corrected chi connectivity index (χ3v) is 3.06. The number of hydrogen-bond donors (Lipinski definition) is 1. The van der Waals surface area contributed by atoms with Gasteiger partial charge in [-0.05, 0) is 23.8 Å². The lowest BCUT2D eigenvalue weighted by molar-refractivity contribution is 0.676. The molecule has 0 unspecified atom stereocenters. The molecule has 62 valence electrons. The summed E-state index contributed by atoms with van der Waals surface area (Å²) >= 11 is 1.77. The lowest BCUT2D eigenvalue weighted by atomic mass is 10.0. The van der Waals surface area contributed by atoms with Crippen LogP contribution in [0.4, 0.5) is 5.69 Å². The molecule has 1 atom stereocenters. The van der Waals surface area contributed by atoms with Gasteiger partial charge in [0.2, 0.25) is 0 Å². The fourth-order valence-corrected chi connectivity index (χ4v) is 2.21. The Labute approximate surface area is 72.2 Å². The molecule has 2 N–H and O–H groups in total. The Morgan fingerprint density at radius 1 is 1.64 bits per heavy atom. The Bertz CT molecular complexity index is 217. The van der Waals surface area contributed by atoms with Gasteiger partial charge >= 0.3 is 0 Å². The zero-order valence-electron chi connectivity index (χ0n) is 7.13. The van der Waals surface area contributed by atoms with Gasteiger partial charge in [0.1, 0.15) is 0 Å². The first-order valence-corrected chi connectivity index (χ1v) is 4.96. The zero-order chi connectivity index (χ0) is 8.27. The van der Waals surface area contributed by atoms with Gasteiger partial charge in [-0.1, -0.05) is 20.3 Å². The highest BCUT2D eigenvalue weighted by molar-refractivity contribution is 7.10. The van der Waals surface area contributed by atoms with Gasteiger partial charge in [-0.15, -0.1) is 11.3 Å². The zero-order valence-corrected chi connectivity index (χ0v) is 7.95. The van der Waals surface area contributed by atoms with Crippen molar-refractivity contribution in [2.24, 2.45) is 0 Å². The number of hydrogen-bond acceptors (Lipinski definition) is 2. The van der Waals surface area contributed by atoms with Crippen LogP contribution >= 0.6 is 11.3 Å². The van der Waals surface area contributed by atoms with Crippen molar-refractivity contribution in [1.82, 2.24) is 0 Å². The Hall–Kier alpha value is -0.500. The first kappa shape index (κ1) is 8.60. The Balaban J connectivity index is 2.67. The van der Waals surface area contributed by atoms with Crippen molar-refractivity contribution < 1.29 is 0 Å². The van der Waals surface area contributed by atoms with E-state index in [4.69, 9.17) is 5.73 Å². The Morgan fingerprint density at radius 2 is 2.36 bits per heavy atom. The fourth-order valence-electron chi connectivity index (χ4n) is 1.30. The largest absolute Gasteiger partial charge is 0.398 e. The molecular weight excluding hydrogens is 154 g/mol. The number of nitrogens with two attached hydrogens (primary N) is 1. The minimum atomic E-state index is 0.639. The van der Waals surface area contributed by atoms with Crippen LogP contribution in [0, 0.1) is 0 Å². The van der Waals surface area contributed by atoms with Gasteiger partial charge in [-0.25, -0.2) is 0 Å². The summed E-state index contributed by atoms with van der Waals surface area (Å²) in [6.45, 7) is 4.45. The summed E-state index contributed by atoms with van der Waals surface area (Å²) in [5, 5.41) is 2.07. The number of nitrogen functional groups attached to an aromatic ring is 1. The Morgan fingerprint density at radius 3 is 2.82 bits per heavy atom. The van der Waals surface area contributed by atoms with E-state index in [1.165, 1.54) is 17.7 Å². The molecule has 0 amide bonds. The molecule has 1 aromatic heterocycles. The van der Waals surface area contributed by atoms with E-state index in [0.29, 0.717) is 5.92 Å². The van der Waals surface area contributed by atoms with Gasteiger partial charge < -0.3 is 5.73 Å². The topological polar surface area (TPSA) is 26.0 Å². The average Bonchev–Trinajstić information content (AvgIpc) is 2.36. The molecule has 0 spiro atoms. The van der Waals surface area contributed by atoms with Crippen molar-refractivity contribution in [2.75, 3.05) is 5.73 Å². The van der Waals surface area contributed by atoms with Gasteiger partial charge in [0.15, 0.2) is 0 Å². The lowest BCUT2D eigenvalue weighted by Gasteiger charge is -2.07. The summed E-state index contributed by atoms with van der Waals surface area (Å²) in [5.41, 5.74) is 6.75. The molecule has 0 saturated carbocycles. The summed E-state index contributed by atoms with van der Waals surface area (Å²) in [4.78, 5) is 1.35. The van der Waals surface area contributed by atoms with Crippen LogP contribution in [0.5, 0.6) is 0 Å². The van der Waals surface area contributed by atoms with Gasteiger partial charge in [0, 0.05) is 10.6 Å². The highest BCUT2D eigenvalue weighted by Gasteiger charge is 2.08. The van der Waals surface area contributed by atoms with Crippen LogP contribution in [0.1, 0.15) is 37.5 Å². The molecule has 0 aliphatic heterocycles. The minimum absolute atomic E-state index is 0.639. The standard InChI is InChI=1S/C9H15NS/c1-3-4-7(2)9-8(10)5-6-11-9/h5-7H,3-4,10H2,1-2H3/t7-/m0/s1. The molecule has 1 heterocycles.